The molecule has 2 aromatic rings. The number of anilines is 1. The molecule has 4 nitrogen and oxygen atoms in total. The molecule has 0 aliphatic heterocycles. The average molecular weight is 299 g/mol. The summed E-state index contributed by atoms with van der Waals surface area (Å²) in [6.45, 7) is 0.156. The number of halogens is 3. The van der Waals surface area contributed by atoms with E-state index in [0.29, 0.717) is 5.56 Å². The SMILES string of the molecule is O=C(O)c1cc(Cl)nc(NCc2ccc(F)c(F)c2)c1. The van der Waals surface area contributed by atoms with Crippen LogP contribution in [0.3, 0.4) is 0 Å². The largest absolute Gasteiger partial charge is 0.478 e. The maximum Gasteiger partial charge on any atom is 0.335 e. The smallest absolute Gasteiger partial charge is 0.335 e. The Morgan fingerprint density at radius 2 is 2.00 bits per heavy atom. The van der Waals surface area contributed by atoms with Crippen molar-refractivity contribution in [1.82, 2.24) is 4.98 Å². The summed E-state index contributed by atoms with van der Waals surface area (Å²) in [5.41, 5.74) is 0.473. The second-order valence-electron chi connectivity index (χ2n) is 3.97. The van der Waals surface area contributed by atoms with Crippen LogP contribution in [0.2, 0.25) is 5.15 Å². The molecule has 0 unspecified atom stereocenters. The second kappa shape index (κ2) is 5.83. The van der Waals surface area contributed by atoms with Gasteiger partial charge in [-0.1, -0.05) is 17.7 Å². The Morgan fingerprint density at radius 3 is 2.65 bits per heavy atom. The van der Waals surface area contributed by atoms with Crippen molar-refractivity contribution in [3.8, 4) is 0 Å². The first-order valence-corrected chi connectivity index (χ1v) is 5.92. The van der Waals surface area contributed by atoms with Crippen molar-refractivity contribution < 1.29 is 18.7 Å². The second-order valence-corrected chi connectivity index (χ2v) is 4.36. The minimum Gasteiger partial charge on any atom is -0.478 e. The van der Waals surface area contributed by atoms with Crippen molar-refractivity contribution in [2.45, 2.75) is 6.54 Å². The molecule has 7 heteroatoms. The summed E-state index contributed by atoms with van der Waals surface area (Å²) >= 11 is 5.70. The molecule has 0 saturated carbocycles. The minimum atomic E-state index is -1.13. The number of rotatable bonds is 4. The number of nitrogens with zero attached hydrogens (tertiary/aromatic N) is 1. The van der Waals surface area contributed by atoms with Gasteiger partial charge in [-0.25, -0.2) is 18.6 Å². The zero-order valence-electron chi connectivity index (χ0n) is 10.0. The highest BCUT2D eigenvalue weighted by atomic mass is 35.5. The molecule has 0 amide bonds. The Labute approximate surface area is 118 Å². The van der Waals surface area contributed by atoms with Crippen LogP contribution in [-0.2, 0) is 6.54 Å². The van der Waals surface area contributed by atoms with E-state index in [1.54, 1.807) is 0 Å². The predicted molar refractivity (Wildman–Crippen MR) is 69.9 cm³/mol. The molecule has 2 rings (SSSR count). The molecule has 0 aliphatic rings. The number of benzene rings is 1. The summed E-state index contributed by atoms with van der Waals surface area (Å²) in [6.07, 6.45) is 0. The van der Waals surface area contributed by atoms with Crippen LogP contribution in [0, 0.1) is 11.6 Å². The Hall–Kier alpha value is -2.21. The van der Waals surface area contributed by atoms with Crippen LogP contribution in [0.5, 0.6) is 0 Å². The van der Waals surface area contributed by atoms with Crippen molar-refractivity contribution in [3.63, 3.8) is 0 Å². The number of aromatic nitrogens is 1. The first-order valence-electron chi connectivity index (χ1n) is 5.54. The van der Waals surface area contributed by atoms with Gasteiger partial charge in [0.1, 0.15) is 11.0 Å². The van der Waals surface area contributed by atoms with E-state index in [4.69, 9.17) is 16.7 Å². The first-order chi connectivity index (χ1) is 9.45. The average Bonchev–Trinajstić information content (AvgIpc) is 2.39. The summed E-state index contributed by atoms with van der Waals surface area (Å²) in [4.78, 5) is 14.8. The lowest BCUT2D eigenvalue weighted by molar-refractivity contribution is 0.0697. The van der Waals surface area contributed by atoms with E-state index in [9.17, 15) is 13.6 Å². The molecular formula is C13H9ClF2N2O2. The maximum atomic E-state index is 13.0. The van der Waals surface area contributed by atoms with Gasteiger partial charge in [0.15, 0.2) is 11.6 Å². The number of pyridine rings is 1. The van der Waals surface area contributed by atoms with Crippen LogP contribution in [0.4, 0.5) is 14.6 Å². The fourth-order valence-electron chi connectivity index (χ4n) is 1.55. The Balaban J connectivity index is 2.14. The standard InChI is InChI=1S/C13H9ClF2N2O2/c14-11-4-8(13(19)20)5-12(18-11)17-6-7-1-2-9(15)10(16)3-7/h1-5H,6H2,(H,17,18)(H,19,20). The lowest BCUT2D eigenvalue weighted by atomic mass is 10.2. The third-order valence-corrected chi connectivity index (χ3v) is 2.69. The highest BCUT2D eigenvalue weighted by molar-refractivity contribution is 6.29. The zero-order valence-corrected chi connectivity index (χ0v) is 10.8. The van der Waals surface area contributed by atoms with E-state index in [0.717, 1.165) is 12.1 Å². The molecule has 104 valence electrons. The van der Waals surface area contributed by atoms with Gasteiger partial charge >= 0.3 is 5.97 Å². The summed E-state index contributed by atoms with van der Waals surface area (Å²) in [7, 11) is 0. The normalized spacial score (nSPS) is 10.3. The lowest BCUT2D eigenvalue weighted by Crippen LogP contribution is -2.05. The zero-order chi connectivity index (χ0) is 14.7. The van der Waals surface area contributed by atoms with Crippen LogP contribution in [-0.4, -0.2) is 16.1 Å². The molecule has 1 aromatic heterocycles. The molecule has 1 heterocycles. The number of hydrogen-bond donors (Lipinski definition) is 2. The minimum absolute atomic E-state index is 0.0159. The highest BCUT2D eigenvalue weighted by Gasteiger charge is 2.08. The van der Waals surface area contributed by atoms with E-state index < -0.39 is 17.6 Å². The van der Waals surface area contributed by atoms with Gasteiger partial charge in [0.05, 0.1) is 5.56 Å². The van der Waals surface area contributed by atoms with Gasteiger partial charge < -0.3 is 10.4 Å². The van der Waals surface area contributed by atoms with E-state index in [2.05, 4.69) is 10.3 Å². The maximum absolute atomic E-state index is 13.0. The van der Waals surface area contributed by atoms with Crippen molar-refractivity contribution in [2.75, 3.05) is 5.32 Å². The first kappa shape index (κ1) is 14.2. The molecule has 20 heavy (non-hydrogen) atoms. The predicted octanol–water partition coefficient (Wildman–Crippen LogP) is 3.32. The summed E-state index contributed by atoms with van der Waals surface area (Å²) in [6, 6.07) is 5.99. The van der Waals surface area contributed by atoms with E-state index in [1.165, 1.54) is 18.2 Å². The monoisotopic (exact) mass is 298 g/mol. The van der Waals surface area contributed by atoms with Gasteiger partial charge in [0.25, 0.3) is 0 Å². The summed E-state index contributed by atoms with van der Waals surface area (Å²) in [5, 5.41) is 11.7. The molecule has 0 saturated heterocycles. The van der Waals surface area contributed by atoms with Crippen molar-refractivity contribution in [1.29, 1.82) is 0 Å². The number of hydrogen-bond acceptors (Lipinski definition) is 3. The van der Waals surface area contributed by atoms with Gasteiger partial charge in [-0.15, -0.1) is 0 Å². The molecule has 0 spiro atoms. The van der Waals surface area contributed by atoms with Crippen LogP contribution >= 0.6 is 11.6 Å². The molecule has 0 radical (unpaired) electrons. The molecule has 0 atom stereocenters. The van der Waals surface area contributed by atoms with Crippen molar-refractivity contribution >= 4 is 23.4 Å². The van der Waals surface area contributed by atoms with E-state index >= 15 is 0 Å². The van der Waals surface area contributed by atoms with Gasteiger partial charge in [-0.2, -0.15) is 0 Å². The molecule has 2 N–H and O–H groups in total. The molecule has 0 fully saturated rings. The van der Waals surface area contributed by atoms with E-state index in [1.807, 2.05) is 0 Å². The lowest BCUT2D eigenvalue weighted by Gasteiger charge is -2.07. The van der Waals surface area contributed by atoms with Gasteiger partial charge in [0, 0.05) is 6.54 Å². The quantitative estimate of drug-likeness (QED) is 0.850. The van der Waals surface area contributed by atoms with Gasteiger partial charge in [-0.05, 0) is 29.8 Å². The molecular weight excluding hydrogens is 290 g/mol. The number of aromatic carboxylic acids is 1. The molecule has 1 aromatic carbocycles. The molecule has 0 aliphatic carbocycles. The van der Waals surface area contributed by atoms with Gasteiger partial charge in [-0.3, -0.25) is 0 Å². The Bertz CT molecular complexity index is 665. The van der Waals surface area contributed by atoms with Crippen molar-refractivity contribution in [3.05, 3.63) is 58.2 Å². The highest BCUT2D eigenvalue weighted by Crippen LogP contribution is 2.16. The third kappa shape index (κ3) is 3.42. The fourth-order valence-corrected chi connectivity index (χ4v) is 1.76. The topological polar surface area (TPSA) is 62.2 Å². The number of carbonyl (C=O) groups is 1. The van der Waals surface area contributed by atoms with Gasteiger partial charge in [0.2, 0.25) is 0 Å². The number of carboxylic acids is 1. The van der Waals surface area contributed by atoms with Crippen LogP contribution in [0.25, 0.3) is 0 Å². The van der Waals surface area contributed by atoms with Crippen LogP contribution in [0.1, 0.15) is 15.9 Å². The Kier molecular flexibility index (Phi) is 4.14. The fraction of sp³-hybridized carbons (Fsp3) is 0.0769. The summed E-state index contributed by atoms with van der Waals surface area (Å²) < 4.78 is 25.8. The number of nitrogens with one attached hydrogen (secondary N) is 1. The Morgan fingerprint density at radius 1 is 1.25 bits per heavy atom. The van der Waals surface area contributed by atoms with Crippen molar-refractivity contribution in [2.24, 2.45) is 0 Å². The number of carboxylic acid groups (broad SMARTS) is 1. The van der Waals surface area contributed by atoms with Crippen LogP contribution in [0.15, 0.2) is 30.3 Å². The molecule has 0 bridgehead atoms. The third-order valence-electron chi connectivity index (χ3n) is 2.50. The van der Waals surface area contributed by atoms with E-state index in [-0.39, 0.29) is 23.1 Å². The van der Waals surface area contributed by atoms with Crippen LogP contribution < -0.4 is 5.32 Å². The summed E-state index contributed by atoms with van der Waals surface area (Å²) in [5.74, 6) is -2.78.